The van der Waals surface area contributed by atoms with Gasteiger partial charge in [-0.25, -0.2) is 0 Å². The lowest BCUT2D eigenvalue weighted by atomic mass is 9.95. The number of nitrogens with zero attached hydrogens (tertiary/aromatic N) is 2. The summed E-state index contributed by atoms with van der Waals surface area (Å²) in [6, 6.07) is 2.81. The zero-order chi connectivity index (χ0) is 15.0. The van der Waals surface area contributed by atoms with Gasteiger partial charge < -0.3 is 15.2 Å². The Labute approximate surface area is 127 Å². The van der Waals surface area contributed by atoms with Crippen LogP contribution in [-0.2, 0) is 0 Å². The van der Waals surface area contributed by atoms with Gasteiger partial charge in [-0.3, -0.25) is 4.79 Å². The summed E-state index contributed by atoms with van der Waals surface area (Å²) in [5, 5.41) is 0. The Bertz CT molecular complexity index is 528. The maximum Gasteiger partial charge on any atom is 0.255 e. The Hall–Kier alpha value is -1.29. The number of hydrogen-bond donors (Lipinski definition) is 1. The Kier molecular flexibility index (Phi) is 4.07. The van der Waals surface area contributed by atoms with Crippen molar-refractivity contribution in [2.75, 3.05) is 13.1 Å². The van der Waals surface area contributed by atoms with Crippen LogP contribution in [0.5, 0.6) is 0 Å². The first-order chi connectivity index (χ1) is 10.1. The molecule has 1 amide bonds. The summed E-state index contributed by atoms with van der Waals surface area (Å²) in [5.41, 5.74) is 9.19. The fraction of sp³-hybridized carbons (Fsp3) is 0.706. The molecule has 2 N–H and O–H groups in total. The van der Waals surface area contributed by atoms with Gasteiger partial charge in [0.2, 0.25) is 0 Å². The van der Waals surface area contributed by atoms with E-state index >= 15 is 0 Å². The number of carbonyl (C=O) groups is 1. The van der Waals surface area contributed by atoms with E-state index in [-0.39, 0.29) is 11.9 Å². The minimum atomic E-state index is 0.149. The molecule has 21 heavy (non-hydrogen) atoms. The first-order valence-electron chi connectivity index (χ1n) is 8.31. The molecule has 1 aromatic heterocycles. The average molecular weight is 289 g/mol. The molecule has 2 aliphatic rings. The normalized spacial score (nSPS) is 23.8. The van der Waals surface area contributed by atoms with Crippen LogP contribution in [-0.4, -0.2) is 34.5 Å². The lowest BCUT2D eigenvalue weighted by Gasteiger charge is -2.26. The predicted octanol–water partition coefficient (Wildman–Crippen LogP) is 2.78. The number of aromatic nitrogens is 1. The second-order valence-electron chi connectivity index (χ2n) is 6.75. The van der Waals surface area contributed by atoms with E-state index in [9.17, 15) is 4.79 Å². The van der Waals surface area contributed by atoms with Crippen LogP contribution in [0.1, 0.15) is 66.3 Å². The van der Waals surface area contributed by atoms with Crippen LogP contribution in [0.2, 0.25) is 0 Å². The second-order valence-corrected chi connectivity index (χ2v) is 6.75. The highest BCUT2D eigenvalue weighted by Crippen LogP contribution is 2.32. The van der Waals surface area contributed by atoms with Crippen LogP contribution in [0.15, 0.2) is 6.07 Å². The molecule has 4 nitrogen and oxygen atoms in total. The fourth-order valence-electron chi connectivity index (χ4n) is 4.04. The molecule has 0 radical (unpaired) electrons. The van der Waals surface area contributed by atoms with Crippen molar-refractivity contribution in [1.82, 2.24) is 9.47 Å². The quantitative estimate of drug-likeness (QED) is 0.910. The lowest BCUT2D eigenvalue weighted by molar-refractivity contribution is 0.0790. The maximum atomic E-state index is 12.7. The van der Waals surface area contributed by atoms with Crippen LogP contribution in [0.25, 0.3) is 0 Å². The van der Waals surface area contributed by atoms with Crippen molar-refractivity contribution in [2.24, 2.45) is 5.73 Å². The number of hydrogen-bond acceptors (Lipinski definition) is 2. The fourth-order valence-corrected chi connectivity index (χ4v) is 4.04. The molecule has 116 valence electrons. The molecule has 1 aromatic rings. The molecule has 1 aliphatic carbocycles. The Morgan fingerprint density at radius 2 is 1.90 bits per heavy atom. The van der Waals surface area contributed by atoms with Crippen molar-refractivity contribution in [3.8, 4) is 0 Å². The molecule has 0 bridgehead atoms. The summed E-state index contributed by atoms with van der Waals surface area (Å²) in [5.74, 6) is 0.165. The molecular formula is C17H27N3O. The molecular weight excluding hydrogens is 262 g/mol. The van der Waals surface area contributed by atoms with Gasteiger partial charge in [-0.05, 0) is 39.2 Å². The molecule has 2 fully saturated rings. The zero-order valence-corrected chi connectivity index (χ0v) is 13.3. The van der Waals surface area contributed by atoms with Crippen LogP contribution < -0.4 is 5.73 Å². The van der Waals surface area contributed by atoms with E-state index in [1.54, 1.807) is 0 Å². The predicted molar refractivity (Wildman–Crippen MR) is 84.5 cm³/mol. The molecule has 0 spiro atoms. The first kappa shape index (κ1) is 14.6. The molecule has 1 aliphatic heterocycles. The molecule has 1 atom stereocenters. The van der Waals surface area contributed by atoms with Gasteiger partial charge in [-0.15, -0.1) is 0 Å². The van der Waals surface area contributed by atoms with Gasteiger partial charge in [0.1, 0.15) is 0 Å². The van der Waals surface area contributed by atoms with Gasteiger partial charge in [0.15, 0.2) is 0 Å². The summed E-state index contributed by atoms with van der Waals surface area (Å²) in [6.45, 7) is 5.73. The Morgan fingerprint density at radius 3 is 2.52 bits per heavy atom. The average Bonchev–Trinajstić information content (AvgIpc) is 3.03. The molecule has 0 unspecified atom stereocenters. The maximum absolute atomic E-state index is 12.7. The number of carbonyl (C=O) groups excluding carboxylic acids is 1. The third kappa shape index (κ3) is 2.73. The van der Waals surface area contributed by atoms with Crippen molar-refractivity contribution in [3.63, 3.8) is 0 Å². The van der Waals surface area contributed by atoms with Gasteiger partial charge in [-0.1, -0.05) is 19.3 Å². The number of likely N-dealkylation sites (tertiary alicyclic amines) is 1. The van der Waals surface area contributed by atoms with Crippen LogP contribution in [0.3, 0.4) is 0 Å². The summed E-state index contributed by atoms with van der Waals surface area (Å²) >= 11 is 0. The van der Waals surface area contributed by atoms with E-state index in [1.165, 1.54) is 37.8 Å². The summed E-state index contributed by atoms with van der Waals surface area (Å²) in [7, 11) is 0. The molecule has 0 aromatic carbocycles. The van der Waals surface area contributed by atoms with Crippen molar-refractivity contribution in [2.45, 2.75) is 64.5 Å². The highest BCUT2D eigenvalue weighted by Gasteiger charge is 2.28. The SMILES string of the molecule is Cc1cc(C(=O)N2CC[C@@H](N)C2)c(C)n1C1CCCCC1. The standard InChI is InChI=1S/C17H27N3O/c1-12-10-16(17(21)19-9-8-14(18)11-19)13(2)20(12)15-6-4-3-5-7-15/h10,14-15H,3-9,11,18H2,1-2H3/t14-/m1/s1. The van der Waals surface area contributed by atoms with E-state index in [0.717, 1.165) is 24.2 Å². The van der Waals surface area contributed by atoms with E-state index < -0.39 is 0 Å². The van der Waals surface area contributed by atoms with Crippen molar-refractivity contribution >= 4 is 5.91 Å². The molecule has 3 rings (SSSR count). The van der Waals surface area contributed by atoms with E-state index in [2.05, 4.69) is 24.5 Å². The van der Waals surface area contributed by atoms with E-state index in [0.29, 0.717) is 12.6 Å². The monoisotopic (exact) mass is 289 g/mol. The van der Waals surface area contributed by atoms with Crippen molar-refractivity contribution in [3.05, 3.63) is 23.0 Å². The molecule has 1 saturated carbocycles. The number of aryl methyl sites for hydroxylation is 1. The van der Waals surface area contributed by atoms with Crippen molar-refractivity contribution in [1.29, 1.82) is 0 Å². The van der Waals surface area contributed by atoms with E-state index in [1.807, 2.05) is 4.90 Å². The number of rotatable bonds is 2. The van der Waals surface area contributed by atoms with Gasteiger partial charge in [0, 0.05) is 36.6 Å². The second kappa shape index (κ2) is 5.84. The minimum Gasteiger partial charge on any atom is -0.345 e. The van der Waals surface area contributed by atoms with Gasteiger partial charge in [-0.2, -0.15) is 0 Å². The van der Waals surface area contributed by atoms with Crippen LogP contribution >= 0.6 is 0 Å². The molecule has 2 heterocycles. The number of nitrogens with two attached hydrogens (primary N) is 1. The zero-order valence-electron chi connectivity index (χ0n) is 13.3. The van der Waals surface area contributed by atoms with Gasteiger partial charge in [0.25, 0.3) is 5.91 Å². The largest absolute Gasteiger partial charge is 0.345 e. The minimum absolute atomic E-state index is 0.149. The third-order valence-corrected chi connectivity index (χ3v) is 5.17. The Balaban J connectivity index is 1.85. The smallest absolute Gasteiger partial charge is 0.255 e. The Morgan fingerprint density at radius 1 is 1.19 bits per heavy atom. The summed E-state index contributed by atoms with van der Waals surface area (Å²) < 4.78 is 2.41. The first-order valence-corrected chi connectivity index (χ1v) is 8.31. The third-order valence-electron chi connectivity index (χ3n) is 5.17. The lowest BCUT2D eigenvalue weighted by Crippen LogP contribution is -2.32. The molecule has 1 saturated heterocycles. The van der Waals surface area contributed by atoms with Crippen molar-refractivity contribution < 1.29 is 4.79 Å². The van der Waals surface area contributed by atoms with Gasteiger partial charge in [0.05, 0.1) is 5.56 Å². The van der Waals surface area contributed by atoms with Crippen LogP contribution in [0, 0.1) is 13.8 Å². The van der Waals surface area contributed by atoms with Crippen LogP contribution in [0.4, 0.5) is 0 Å². The summed E-state index contributed by atoms with van der Waals surface area (Å²) in [4.78, 5) is 14.6. The molecule has 4 heteroatoms. The number of amides is 1. The van der Waals surface area contributed by atoms with E-state index in [4.69, 9.17) is 5.73 Å². The highest BCUT2D eigenvalue weighted by molar-refractivity contribution is 5.96. The summed E-state index contributed by atoms with van der Waals surface area (Å²) in [6.07, 6.45) is 7.40. The highest BCUT2D eigenvalue weighted by atomic mass is 16.2. The topological polar surface area (TPSA) is 51.3 Å². The van der Waals surface area contributed by atoms with Gasteiger partial charge >= 0.3 is 0 Å².